The highest BCUT2D eigenvalue weighted by Crippen LogP contribution is 2.22. The quantitative estimate of drug-likeness (QED) is 0.629. The predicted molar refractivity (Wildman–Crippen MR) is 110 cm³/mol. The molecule has 0 aromatic heterocycles. The molecule has 1 aliphatic heterocycles. The van der Waals surface area contributed by atoms with E-state index in [1.165, 1.54) is 40.7 Å². The highest BCUT2D eigenvalue weighted by Gasteiger charge is 2.31. The molecule has 1 N–H and O–H groups in total. The zero-order chi connectivity index (χ0) is 23.2. The number of sulfonamides is 1. The summed E-state index contributed by atoms with van der Waals surface area (Å²) in [4.78, 5) is 12.2. The van der Waals surface area contributed by atoms with Crippen molar-refractivity contribution >= 4 is 22.0 Å². The molecule has 2 aromatic rings. The van der Waals surface area contributed by atoms with Crippen LogP contribution >= 0.6 is 0 Å². The molecular weight excluding hydrogens is 449 g/mol. The van der Waals surface area contributed by atoms with Gasteiger partial charge in [0.15, 0.2) is 0 Å². The third-order valence-corrected chi connectivity index (χ3v) is 6.45. The van der Waals surface area contributed by atoms with Crippen molar-refractivity contribution in [3.8, 4) is 5.75 Å². The van der Waals surface area contributed by atoms with Gasteiger partial charge in [0.2, 0.25) is 15.9 Å². The second-order valence-electron chi connectivity index (χ2n) is 6.83. The molecule has 7 nitrogen and oxygen atoms in total. The van der Waals surface area contributed by atoms with Crippen LogP contribution < -0.4 is 10.1 Å². The molecule has 1 fully saturated rings. The fourth-order valence-corrected chi connectivity index (χ4v) is 4.32. The number of rotatable bonds is 7. The molecule has 172 valence electrons. The molecule has 0 spiro atoms. The molecule has 1 aliphatic rings. The SMILES string of the molecule is O=C(/C=C/c1ccc(S(=O)(=O)N2CCOCC2)cc1)NCc1ccc(OC(F)(F)F)cc1. The first-order valence-corrected chi connectivity index (χ1v) is 11.1. The van der Waals surface area contributed by atoms with E-state index < -0.39 is 22.3 Å². The maximum absolute atomic E-state index is 12.6. The monoisotopic (exact) mass is 470 g/mol. The molecular formula is C21H21F3N2O5S. The van der Waals surface area contributed by atoms with E-state index in [-0.39, 0.29) is 17.2 Å². The molecule has 3 rings (SSSR count). The van der Waals surface area contributed by atoms with Crippen molar-refractivity contribution in [1.82, 2.24) is 9.62 Å². The molecule has 0 radical (unpaired) electrons. The summed E-state index contributed by atoms with van der Waals surface area (Å²) in [5.74, 6) is -0.753. The highest BCUT2D eigenvalue weighted by atomic mass is 32.2. The Kier molecular flexibility index (Phi) is 7.54. The number of carbonyl (C=O) groups is 1. The zero-order valence-electron chi connectivity index (χ0n) is 16.8. The second-order valence-corrected chi connectivity index (χ2v) is 8.77. The van der Waals surface area contributed by atoms with E-state index in [1.807, 2.05) is 0 Å². The Morgan fingerprint density at radius 3 is 2.28 bits per heavy atom. The van der Waals surface area contributed by atoms with Gasteiger partial charge < -0.3 is 14.8 Å². The number of nitrogens with zero attached hydrogens (tertiary/aromatic N) is 1. The van der Waals surface area contributed by atoms with Crippen LogP contribution in [0.2, 0.25) is 0 Å². The van der Waals surface area contributed by atoms with Crippen LogP contribution in [0.4, 0.5) is 13.2 Å². The van der Waals surface area contributed by atoms with Gasteiger partial charge in [-0.05, 0) is 41.5 Å². The van der Waals surface area contributed by atoms with Crippen LogP contribution in [0.25, 0.3) is 6.08 Å². The summed E-state index contributed by atoms with van der Waals surface area (Å²) >= 11 is 0. The molecule has 32 heavy (non-hydrogen) atoms. The lowest BCUT2D eigenvalue weighted by Crippen LogP contribution is -2.40. The number of nitrogens with one attached hydrogen (secondary N) is 1. The Morgan fingerprint density at radius 2 is 1.69 bits per heavy atom. The van der Waals surface area contributed by atoms with Crippen molar-refractivity contribution in [3.63, 3.8) is 0 Å². The molecule has 11 heteroatoms. The minimum absolute atomic E-state index is 0.117. The lowest BCUT2D eigenvalue weighted by Gasteiger charge is -2.26. The van der Waals surface area contributed by atoms with Crippen molar-refractivity contribution in [2.45, 2.75) is 17.8 Å². The maximum Gasteiger partial charge on any atom is 0.573 e. The average molecular weight is 470 g/mol. The number of hydrogen-bond donors (Lipinski definition) is 1. The fraction of sp³-hybridized carbons (Fsp3) is 0.286. The Hall–Kier alpha value is -2.89. The van der Waals surface area contributed by atoms with E-state index in [9.17, 15) is 26.4 Å². The predicted octanol–water partition coefficient (Wildman–Crippen LogP) is 2.94. The van der Waals surface area contributed by atoms with Gasteiger partial charge >= 0.3 is 6.36 Å². The molecule has 0 unspecified atom stereocenters. The number of benzene rings is 2. The molecule has 1 heterocycles. The number of amides is 1. The topological polar surface area (TPSA) is 84.9 Å². The van der Waals surface area contributed by atoms with Crippen LogP contribution in [0.5, 0.6) is 5.75 Å². The van der Waals surface area contributed by atoms with Crippen molar-refractivity contribution in [2.24, 2.45) is 0 Å². The fourth-order valence-electron chi connectivity index (χ4n) is 2.92. The second kappa shape index (κ2) is 10.2. The van der Waals surface area contributed by atoms with Crippen molar-refractivity contribution < 1.29 is 35.9 Å². The lowest BCUT2D eigenvalue weighted by molar-refractivity contribution is -0.274. The summed E-state index contributed by atoms with van der Waals surface area (Å²) in [6, 6.07) is 11.3. The summed E-state index contributed by atoms with van der Waals surface area (Å²) < 4.78 is 72.0. The van der Waals surface area contributed by atoms with Gasteiger partial charge in [-0.15, -0.1) is 13.2 Å². The summed E-state index contributed by atoms with van der Waals surface area (Å²) in [7, 11) is -3.58. The van der Waals surface area contributed by atoms with E-state index >= 15 is 0 Å². The third-order valence-electron chi connectivity index (χ3n) is 4.54. The van der Waals surface area contributed by atoms with Crippen LogP contribution in [0.1, 0.15) is 11.1 Å². The van der Waals surface area contributed by atoms with E-state index in [0.717, 1.165) is 12.1 Å². The minimum atomic E-state index is -4.76. The van der Waals surface area contributed by atoms with E-state index in [4.69, 9.17) is 4.74 Å². The van der Waals surface area contributed by atoms with Gasteiger partial charge in [-0.3, -0.25) is 4.79 Å². The summed E-state index contributed by atoms with van der Waals surface area (Å²) in [5, 5.41) is 2.61. The number of hydrogen-bond acceptors (Lipinski definition) is 5. The lowest BCUT2D eigenvalue weighted by atomic mass is 10.2. The molecule has 0 atom stereocenters. The summed E-state index contributed by atoms with van der Waals surface area (Å²) in [6.45, 7) is 1.46. The minimum Gasteiger partial charge on any atom is -0.406 e. The number of morpholine rings is 1. The Morgan fingerprint density at radius 1 is 1.06 bits per heavy atom. The van der Waals surface area contributed by atoms with Crippen LogP contribution in [-0.2, 0) is 26.1 Å². The van der Waals surface area contributed by atoms with Crippen LogP contribution in [0, 0.1) is 0 Å². The number of carbonyl (C=O) groups excluding carboxylic acids is 1. The van der Waals surface area contributed by atoms with Crippen molar-refractivity contribution in [1.29, 1.82) is 0 Å². The number of ether oxygens (including phenoxy) is 2. The number of alkyl halides is 3. The summed E-state index contributed by atoms with van der Waals surface area (Å²) in [5.41, 5.74) is 1.23. The normalized spacial score (nSPS) is 15.6. The first-order valence-electron chi connectivity index (χ1n) is 9.62. The molecule has 0 bridgehead atoms. The van der Waals surface area contributed by atoms with Gasteiger partial charge in [0.1, 0.15) is 5.75 Å². The smallest absolute Gasteiger partial charge is 0.406 e. The van der Waals surface area contributed by atoms with Gasteiger partial charge in [-0.1, -0.05) is 24.3 Å². The largest absolute Gasteiger partial charge is 0.573 e. The van der Waals surface area contributed by atoms with Crippen LogP contribution in [-0.4, -0.2) is 51.3 Å². The van der Waals surface area contributed by atoms with Crippen LogP contribution in [0.3, 0.4) is 0 Å². The first kappa shape index (κ1) is 23.8. The molecule has 0 aliphatic carbocycles. The molecule has 2 aromatic carbocycles. The molecule has 1 amide bonds. The number of halogens is 3. The third kappa shape index (κ3) is 6.81. The van der Waals surface area contributed by atoms with E-state index in [2.05, 4.69) is 10.1 Å². The van der Waals surface area contributed by atoms with Crippen molar-refractivity contribution in [2.75, 3.05) is 26.3 Å². The Labute approximate surface area is 183 Å². The molecule has 0 saturated carbocycles. The maximum atomic E-state index is 12.6. The van der Waals surface area contributed by atoms with Crippen molar-refractivity contribution in [3.05, 3.63) is 65.7 Å². The molecule has 1 saturated heterocycles. The van der Waals surface area contributed by atoms with Gasteiger partial charge in [-0.2, -0.15) is 4.31 Å². The first-order chi connectivity index (χ1) is 15.1. The average Bonchev–Trinajstić information content (AvgIpc) is 2.77. The van der Waals surface area contributed by atoms with Crippen LogP contribution in [0.15, 0.2) is 59.5 Å². The standard InChI is InChI=1S/C21H21F3N2O5S/c22-21(23,24)31-18-6-1-17(2-7-18)15-25-20(27)10-5-16-3-8-19(9-4-16)32(28,29)26-11-13-30-14-12-26/h1-10H,11-15H2,(H,25,27)/b10-5+. The van der Waals surface area contributed by atoms with Gasteiger partial charge in [0.25, 0.3) is 0 Å². The summed E-state index contributed by atoms with van der Waals surface area (Å²) in [6.07, 6.45) is -1.95. The highest BCUT2D eigenvalue weighted by molar-refractivity contribution is 7.89. The zero-order valence-corrected chi connectivity index (χ0v) is 17.7. The van der Waals surface area contributed by atoms with E-state index in [0.29, 0.717) is 37.4 Å². The Balaban J connectivity index is 1.52. The van der Waals surface area contributed by atoms with Gasteiger partial charge in [0.05, 0.1) is 18.1 Å². The van der Waals surface area contributed by atoms with Gasteiger partial charge in [-0.25, -0.2) is 8.42 Å². The van der Waals surface area contributed by atoms with Gasteiger partial charge in [0, 0.05) is 25.7 Å². The Bertz CT molecular complexity index is 1050. The van der Waals surface area contributed by atoms with E-state index in [1.54, 1.807) is 12.1 Å².